The van der Waals surface area contributed by atoms with Crippen molar-refractivity contribution in [3.8, 4) is 5.75 Å². The highest BCUT2D eigenvalue weighted by Gasteiger charge is 2.07. The van der Waals surface area contributed by atoms with Crippen molar-refractivity contribution in [1.82, 2.24) is 4.90 Å². The van der Waals surface area contributed by atoms with Crippen molar-refractivity contribution >= 4 is 17.5 Å². The summed E-state index contributed by atoms with van der Waals surface area (Å²) in [7, 11) is 3.49. The minimum atomic E-state index is -0.219. The monoisotopic (exact) mass is 340 g/mol. The molecule has 2 aromatic carbocycles. The van der Waals surface area contributed by atoms with Crippen molar-refractivity contribution in [1.29, 1.82) is 0 Å². The number of benzene rings is 2. The first-order valence-corrected chi connectivity index (χ1v) is 8.22. The lowest BCUT2D eigenvalue weighted by Gasteiger charge is -2.11. The Bertz CT molecular complexity index is 741. The Labute approximate surface area is 148 Å². The van der Waals surface area contributed by atoms with Crippen LogP contribution in [0.2, 0.25) is 0 Å². The van der Waals surface area contributed by atoms with Crippen LogP contribution in [0.3, 0.4) is 0 Å². The standard InChI is InChI=1S/C20H24N2O3/c1-15-6-4-9-18(12-15)25-14-19(23)21-17-8-5-7-16(13-17)10-11-20(24)22(2)3/h4-9,12-13H,10-11,14H2,1-3H3,(H,21,23). The third-order valence-electron chi connectivity index (χ3n) is 3.70. The predicted octanol–water partition coefficient (Wildman–Crippen LogP) is 3.03. The third-order valence-corrected chi connectivity index (χ3v) is 3.70. The van der Waals surface area contributed by atoms with E-state index in [1.807, 2.05) is 55.5 Å². The van der Waals surface area contributed by atoms with Crippen molar-refractivity contribution in [2.75, 3.05) is 26.0 Å². The number of carbonyl (C=O) groups is 2. The molecule has 0 spiro atoms. The summed E-state index contributed by atoms with van der Waals surface area (Å²) in [6.07, 6.45) is 1.08. The average Bonchev–Trinajstić information content (AvgIpc) is 2.58. The largest absolute Gasteiger partial charge is 0.484 e. The van der Waals surface area contributed by atoms with Crippen LogP contribution in [-0.4, -0.2) is 37.4 Å². The zero-order valence-electron chi connectivity index (χ0n) is 14.9. The second kappa shape index (κ2) is 8.87. The van der Waals surface area contributed by atoms with Gasteiger partial charge in [0, 0.05) is 26.2 Å². The molecule has 25 heavy (non-hydrogen) atoms. The van der Waals surface area contributed by atoms with E-state index in [9.17, 15) is 9.59 Å². The SMILES string of the molecule is Cc1cccc(OCC(=O)Nc2cccc(CCC(=O)N(C)C)c2)c1. The number of aryl methyl sites for hydroxylation is 2. The molecule has 0 fully saturated rings. The number of hydrogen-bond donors (Lipinski definition) is 1. The maximum Gasteiger partial charge on any atom is 0.262 e. The molecule has 5 nitrogen and oxygen atoms in total. The molecule has 0 unspecified atom stereocenters. The molecule has 0 bridgehead atoms. The molecular formula is C20H24N2O3. The van der Waals surface area contributed by atoms with Gasteiger partial charge in [0.15, 0.2) is 6.61 Å². The Morgan fingerprint density at radius 1 is 1.08 bits per heavy atom. The zero-order chi connectivity index (χ0) is 18.2. The molecular weight excluding hydrogens is 316 g/mol. The number of ether oxygens (including phenoxy) is 1. The number of hydrogen-bond acceptors (Lipinski definition) is 3. The summed E-state index contributed by atoms with van der Waals surface area (Å²) in [5, 5.41) is 2.82. The summed E-state index contributed by atoms with van der Waals surface area (Å²) in [5.74, 6) is 0.537. The number of amides is 2. The number of rotatable bonds is 7. The molecule has 2 aromatic rings. The van der Waals surface area contributed by atoms with Gasteiger partial charge in [0.25, 0.3) is 5.91 Å². The van der Waals surface area contributed by atoms with E-state index in [1.54, 1.807) is 19.0 Å². The molecule has 0 saturated heterocycles. The molecule has 0 aliphatic heterocycles. The highest BCUT2D eigenvalue weighted by molar-refractivity contribution is 5.92. The van der Waals surface area contributed by atoms with Crippen LogP contribution in [0.25, 0.3) is 0 Å². The Kier molecular flexibility index (Phi) is 6.57. The lowest BCUT2D eigenvalue weighted by Crippen LogP contribution is -2.22. The van der Waals surface area contributed by atoms with Crippen LogP contribution in [-0.2, 0) is 16.0 Å². The summed E-state index contributed by atoms with van der Waals surface area (Å²) in [6.45, 7) is 1.92. The molecule has 132 valence electrons. The maximum absolute atomic E-state index is 12.0. The molecule has 2 amide bonds. The topological polar surface area (TPSA) is 58.6 Å². The van der Waals surface area contributed by atoms with Crippen molar-refractivity contribution in [3.63, 3.8) is 0 Å². The van der Waals surface area contributed by atoms with Gasteiger partial charge in [0.2, 0.25) is 5.91 Å². The maximum atomic E-state index is 12.0. The van der Waals surface area contributed by atoms with E-state index in [2.05, 4.69) is 5.32 Å². The fourth-order valence-corrected chi connectivity index (χ4v) is 2.33. The van der Waals surface area contributed by atoms with E-state index >= 15 is 0 Å². The molecule has 1 N–H and O–H groups in total. The van der Waals surface area contributed by atoms with Gasteiger partial charge in [-0.1, -0.05) is 24.3 Å². The van der Waals surface area contributed by atoms with Crippen LogP contribution in [0.15, 0.2) is 48.5 Å². The first-order chi connectivity index (χ1) is 11.9. The number of carbonyl (C=O) groups excluding carboxylic acids is 2. The quantitative estimate of drug-likeness (QED) is 0.843. The highest BCUT2D eigenvalue weighted by Crippen LogP contribution is 2.14. The number of nitrogens with zero attached hydrogens (tertiary/aromatic N) is 1. The van der Waals surface area contributed by atoms with Crippen LogP contribution in [0, 0.1) is 6.92 Å². The van der Waals surface area contributed by atoms with E-state index in [0.29, 0.717) is 24.3 Å². The molecule has 0 radical (unpaired) electrons. The van der Waals surface area contributed by atoms with Gasteiger partial charge in [0.05, 0.1) is 0 Å². The van der Waals surface area contributed by atoms with E-state index in [1.165, 1.54) is 0 Å². The van der Waals surface area contributed by atoms with Crippen LogP contribution < -0.4 is 10.1 Å². The lowest BCUT2D eigenvalue weighted by atomic mass is 10.1. The summed E-state index contributed by atoms with van der Waals surface area (Å²) in [4.78, 5) is 25.3. The van der Waals surface area contributed by atoms with E-state index in [0.717, 1.165) is 11.1 Å². The third kappa shape index (κ3) is 6.30. The number of anilines is 1. The van der Waals surface area contributed by atoms with Gasteiger partial charge in [-0.05, 0) is 48.7 Å². The van der Waals surface area contributed by atoms with E-state index in [4.69, 9.17) is 4.74 Å². The van der Waals surface area contributed by atoms with Gasteiger partial charge in [-0.15, -0.1) is 0 Å². The smallest absolute Gasteiger partial charge is 0.262 e. The van der Waals surface area contributed by atoms with Crippen LogP contribution in [0.5, 0.6) is 5.75 Å². The van der Waals surface area contributed by atoms with Crippen LogP contribution in [0.4, 0.5) is 5.69 Å². The molecule has 0 atom stereocenters. The van der Waals surface area contributed by atoms with Crippen molar-refractivity contribution in [2.45, 2.75) is 19.8 Å². The van der Waals surface area contributed by atoms with Gasteiger partial charge in [-0.3, -0.25) is 9.59 Å². The molecule has 0 aliphatic carbocycles. The highest BCUT2D eigenvalue weighted by atomic mass is 16.5. The van der Waals surface area contributed by atoms with Gasteiger partial charge in [-0.25, -0.2) is 0 Å². The summed E-state index contributed by atoms with van der Waals surface area (Å²) >= 11 is 0. The second-order valence-corrected chi connectivity index (χ2v) is 6.14. The van der Waals surface area contributed by atoms with Gasteiger partial charge in [0.1, 0.15) is 5.75 Å². The van der Waals surface area contributed by atoms with Crippen molar-refractivity contribution < 1.29 is 14.3 Å². The minimum Gasteiger partial charge on any atom is -0.484 e. The van der Waals surface area contributed by atoms with E-state index in [-0.39, 0.29) is 18.4 Å². The van der Waals surface area contributed by atoms with Gasteiger partial charge >= 0.3 is 0 Å². The normalized spacial score (nSPS) is 10.2. The summed E-state index contributed by atoms with van der Waals surface area (Å²) in [6, 6.07) is 15.1. The molecule has 0 aliphatic rings. The predicted molar refractivity (Wildman–Crippen MR) is 98.8 cm³/mol. The van der Waals surface area contributed by atoms with Gasteiger partial charge in [-0.2, -0.15) is 0 Å². The minimum absolute atomic E-state index is 0.0488. The first kappa shape index (κ1) is 18.5. The Balaban J connectivity index is 1.86. The Morgan fingerprint density at radius 2 is 1.84 bits per heavy atom. The van der Waals surface area contributed by atoms with Crippen LogP contribution in [0.1, 0.15) is 17.5 Å². The molecule has 2 rings (SSSR count). The fourth-order valence-electron chi connectivity index (χ4n) is 2.33. The molecule has 0 saturated carbocycles. The molecule has 0 heterocycles. The van der Waals surface area contributed by atoms with Gasteiger partial charge < -0.3 is 15.0 Å². The second-order valence-electron chi connectivity index (χ2n) is 6.14. The Morgan fingerprint density at radius 3 is 2.56 bits per heavy atom. The van der Waals surface area contributed by atoms with Crippen LogP contribution >= 0.6 is 0 Å². The fraction of sp³-hybridized carbons (Fsp3) is 0.300. The summed E-state index contributed by atoms with van der Waals surface area (Å²) in [5.41, 5.74) is 2.79. The average molecular weight is 340 g/mol. The number of nitrogens with one attached hydrogen (secondary N) is 1. The van der Waals surface area contributed by atoms with E-state index < -0.39 is 0 Å². The molecule has 0 aromatic heterocycles. The zero-order valence-corrected chi connectivity index (χ0v) is 14.9. The lowest BCUT2D eigenvalue weighted by molar-refractivity contribution is -0.128. The first-order valence-electron chi connectivity index (χ1n) is 8.22. The van der Waals surface area contributed by atoms with Crippen molar-refractivity contribution in [2.24, 2.45) is 0 Å². The van der Waals surface area contributed by atoms with Crippen molar-refractivity contribution in [3.05, 3.63) is 59.7 Å². The summed E-state index contributed by atoms with van der Waals surface area (Å²) < 4.78 is 5.49. The Hall–Kier alpha value is -2.82. The molecule has 5 heteroatoms.